The highest BCUT2D eigenvalue weighted by molar-refractivity contribution is 7.21. The Balaban J connectivity index is 1.53. The molecule has 0 aliphatic heterocycles. The van der Waals surface area contributed by atoms with Gasteiger partial charge in [0.05, 0.1) is 11.6 Å². The van der Waals surface area contributed by atoms with Crippen LogP contribution in [0, 0.1) is 0 Å². The number of carbonyl (C=O) groups is 1. The molecule has 5 nitrogen and oxygen atoms in total. The smallest absolute Gasteiger partial charge is 0.266 e. The van der Waals surface area contributed by atoms with Crippen LogP contribution in [0.3, 0.4) is 0 Å². The van der Waals surface area contributed by atoms with Crippen molar-refractivity contribution in [2.24, 2.45) is 0 Å². The van der Waals surface area contributed by atoms with Crippen molar-refractivity contribution in [1.29, 1.82) is 0 Å². The fraction of sp³-hybridized carbons (Fsp3) is 0.333. The monoisotopic (exact) mass is 533 g/mol. The summed E-state index contributed by atoms with van der Waals surface area (Å²) in [5, 5.41) is 4.89. The number of ether oxygens (including phenoxy) is 1. The lowest BCUT2D eigenvalue weighted by molar-refractivity contribution is 0.0604. The summed E-state index contributed by atoms with van der Waals surface area (Å²) >= 11 is 8.27. The van der Waals surface area contributed by atoms with E-state index in [2.05, 4.69) is 22.4 Å². The van der Waals surface area contributed by atoms with Gasteiger partial charge < -0.3 is 15.0 Å². The Kier molecular flexibility index (Phi) is 8.08. The fourth-order valence-electron chi connectivity index (χ4n) is 5.23. The molecule has 2 aromatic heterocycles. The van der Waals surface area contributed by atoms with Gasteiger partial charge in [0, 0.05) is 46.7 Å². The number of fused-ring (bicyclic) bond motifs is 1. The number of nitrogens with one attached hydrogen (secondary N) is 1. The number of amides is 1. The van der Waals surface area contributed by atoms with Gasteiger partial charge >= 0.3 is 0 Å². The predicted molar refractivity (Wildman–Crippen MR) is 153 cm³/mol. The van der Waals surface area contributed by atoms with Crippen LogP contribution in [0.25, 0.3) is 21.2 Å². The van der Waals surface area contributed by atoms with Crippen molar-refractivity contribution in [2.45, 2.75) is 51.2 Å². The van der Waals surface area contributed by atoms with Crippen LogP contribution < -0.4 is 10.1 Å². The largest absolute Gasteiger partial charge is 0.494 e. The van der Waals surface area contributed by atoms with Gasteiger partial charge in [0.15, 0.2) is 0 Å². The van der Waals surface area contributed by atoms with E-state index in [0.717, 1.165) is 58.2 Å². The molecule has 4 aromatic rings. The minimum absolute atomic E-state index is 0.00382. The van der Waals surface area contributed by atoms with Crippen LogP contribution in [0.15, 0.2) is 67.0 Å². The maximum Gasteiger partial charge on any atom is 0.266 e. The summed E-state index contributed by atoms with van der Waals surface area (Å²) in [6, 6.07) is 18.8. The summed E-state index contributed by atoms with van der Waals surface area (Å²) in [4.78, 5) is 21.0. The Morgan fingerprint density at radius 2 is 1.84 bits per heavy atom. The maximum absolute atomic E-state index is 14.2. The second kappa shape index (κ2) is 11.6. The lowest BCUT2D eigenvalue weighted by Crippen LogP contribution is -2.44. The standard InChI is InChI=1S/C30H32ClN3O2S/c1-3-36-26-13-8-21(20-14-16-33-17-15-20)18-22(26)19-34(24-11-9-23(32-2)10-12-24)30(35)29-28(31)25-6-4-5-7-27(25)37-29/h4-8,13-18,23-24,32H,3,9-12,19H2,1-2H3. The molecule has 0 spiro atoms. The second-order valence-corrected chi connectivity index (χ2v) is 10.9. The van der Waals surface area contributed by atoms with E-state index in [1.807, 2.05) is 61.3 Å². The Labute approximate surface area is 227 Å². The van der Waals surface area contributed by atoms with Crippen LogP contribution in [0.4, 0.5) is 0 Å². The summed E-state index contributed by atoms with van der Waals surface area (Å²) in [5.41, 5.74) is 3.16. The molecule has 37 heavy (non-hydrogen) atoms. The van der Waals surface area contributed by atoms with Crippen molar-refractivity contribution in [1.82, 2.24) is 15.2 Å². The third kappa shape index (κ3) is 5.52. The molecular weight excluding hydrogens is 502 g/mol. The van der Waals surface area contributed by atoms with Crippen molar-refractivity contribution in [3.8, 4) is 16.9 Å². The van der Waals surface area contributed by atoms with E-state index in [1.54, 1.807) is 12.4 Å². The number of hydrogen-bond donors (Lipinski definition) is 1. The van der Waals surface area contributed by atoms with Crippen molar-refractivity contribution >= 4 is 38.9 Å². The molecule has 1 saturated carbocycles. The number of nitrogens with zero attached hydrogens (tertiary/aromatic N) is 2. The van der Waals surface area contributed by atoms with Crippen LogP contribution in [0.2, 0.25) is 5.02 Å². The molecule has 0 bridgehead atoms. The van der Waals surface area contributed by atoms with E-state index in [0.29, 0.717) is 29.1 Å². The van der Waals surface area contributed by atoms with E-state index in [4.69, 9.17) is 16.3 Å². The van der Waals surface area contributed by atoms with Crippen molar-refractivity contribution in [3.05, 3.63) is 82.5 Å². The van der Waals surface area contributed by atoms with Gasteiger partial charge in [0.1, 0.15) is 10.6 Å². The van der Waals surface area contributed by atoms with Gasteiger partial charge in [-0.25, -0.2) is 0 Å². The molecule has 1 aliphatic carbocycles. The number of hydrogen-bond acceptors (Lipinski definition) is 5. The van der Waals surface area contributed by atoms with E-state index >= 15 is 0 Å². The van der Waals surface area contributed by atoms with Gasteiger partial charge in [-0.1, -0.05) is 35.9 Å². The highest BCUT2D eigenvalue weighted by Gasteiger charge is 2.32. The average Bonchev–Trinajstić information content (AvgIpc) is 3.29. The number of halogens is 1. The summed E-state index contributed by atoms with van der Waals surface area (Å²) in [5.74, 6) is 0.806. The van der Waals surface area contributed by atoms with Gasteiger partial charge in [-0.05, 0) is 81.1 Å². The zero-order valence-electron chi connectivity index (χ0n) is 21.2. The quantitative estimate of drug-likeness (QED) is 0.260. The first-order chi connectivity index (χ1) is 18.1. The van der Waals surface area contributed by atoms with Crippen LogP contribution in [0.1, 0.15) is 47.8 Å². The molecule has 0 saturated heterocycles. The second-order valence-electron chi connectivity index (χ2n) is 9.46. The van der Waals surface area contributed by atoms with Crippen molar-refractivity contribution in [3.63, 3.8) is 0 Å². The molecule has 1 aliphatic rings. The Bertz CT molecular complexity index is 1370. The minimum Gasteiger partial charge on any atom is -0.494 e. The van der Waals surface area contributed by atoms with Crippen molar-refractivity contribution < 1.29 is 9.53 Å². The molecule has 0 atom stereocenters. The summed E-state index contributed by atoms with van der Waals surface area (Å²) in [7, 11) is 2.02. The zero-order valence-corrected chi connectivity index (χ0v) is 22.8. The lowest BCUT2D eigenvalue weighted by atomic mass is 9.89. The molecular formula is C30H32ClN3O2S. The topological polar surface area (TPSA) is 54.5 Å². The van der Waals surface area contributed by atoms with Gasteiger partial charge in [-0.15, -0.1) is 11.3 Å². The van der Waals surface area contributed by atoms with Gasteiger partial charge in [-0.2, -0.15) is 0 Å². The third-order valence-electron chi connectivity index (χ3n) is 7.25. The molecule has 2 heterocycles. The van der Waals surface area contributed by atoms with Gasteiger partial charge in [0.25, 0.3) is 5.91 Å². The Morgan fingerprint density at radius 3 is 2.54 bits per heavy atom. The highest BCUT2D eigenvalue weighted by Crippen LogP contribution is 2.38. The number of carbonyl (C=O) groups excluding carboxylic acids is 1. The SMILES string of the molecule is CCOc1ccc(-c2ccncc2)cc1CN(C(=O)c1sc2ccccc2c1Cl)C1CCC(NC)CC1. The number of aromatic nitrogens is 1. The van der Waals surface area contributed by atoms with Gasteiger partial charge in [-0.3, -0.25) is 9.78 Å². The zero-order chi connectivity index (χ0) is 25.8. The van der Waals surface area contributed by atoms with Crippen LogP contribution >= 0.6 is 22.9 Å². The van der Waals surface area contributed by atoms with Crippen molar-refractivity contribution in [2.75, 3.05) is 13.7 Å². The lowest BCUT2D eigenvalue weighted by Gasteiger charge is -2.37. The molecule has 2 aromatic carbocycles. The summed E-state index contributed by atoms with van der Waals surface area (Å²) in [6.07, 6.45) is 7.58. The molecule has 0 radical (unpaired) electrons. The number of rotatable bonds is 8. The first-order valence-electron chi connectivity index (χ1n) is 12.9. The van der Waals surface area contributed by atoms with Crippen LogP contribution in [-0.4, -0.2) is 41.5 Å². The minimum atomic E-state index is -0.00382. The van der Waals surface area contributed by atoms with Crippen LogP contribution in [-0.2, 0) is 6.54 Å². The average molecular weight is 534 g/mol. The molecule has 1 fully saturated rings. The highest BCUT2D eigenvalue weighted by atomic mass is 35.5. The number of pyridine rings is 1. The molecule has 7 heteroatoms. The number of benzene rings is 2. The molecule has 1 N–H and O–H groups in total. The third-order valence-corrected chi connectivity index (χ3v) is 8.91. The van der Waals surface area contributed by atoms with Crippen LogP contribution in [0.5, 0.6) is 5.75 Å². The molecule has 1 amide bonds. The number of thiophene rings is 1. The summed E-state index contributed by atoms with van der Waals surface area (Å²) < 4.78 is 7.06. The Morgan fingerprint density at radius 1 is 1.08 bits per heavy atom. The van der Waals surface area contributed by atoms with Gasteiger partial charge in [0.2, 0.25) is 0 Å². The Hall–Kier alpha value is -2.93. The van der Waals surface area contributed by atoms with E-state index in [9.17, 15) is 4.79 Å². The first-order valence-corrected chi connectivity index (χ1v) is 14.1. The van der Waals surface area contributed by atoms with E-state index in [1.165, 1.54) is 11.3 Å². The summed E-state index contributed by atoms with van der Waals surface area (Å²) in [6.45, 7) is 3.01. The maximum atomic E-state index is 14.2. The van der Waals surface area contributed by atoms with E-state index in [-0.39, 0.29) is 11.9 Å². The molecule has 0 unspecified atom stereocenters. The molecule has 5 rings (SSSR count). The van der Waals surface area contributed by atoms with E-state index < -0.39 is 0 Å². The molecule has 192 valence electrons. The predicted octanol–water partition coefficient (Wildman–Crippen LogP) is 7.19. The fourth-order valence-corrected chi connectivity index (χ4v) is 6.70. The normalized spacial score (nSPS) is 17.6. The first kappa shape index (κ1) is 25.7.